The average molecular weight is 178 g/mol. The molecular weight excluding hydrogens is 164 g/mol. The number of phenols is 1. The summed E-state index contributed by atoms with van der Waals surface area (Å²) >= 11 is 0. The molecule has 0 amide bonds. The van der Waals surface area contributed by atoms with Gasteiger partial charge in [0.25, 0.3) is 0 Å². The minimum atomic E-state index is 0.0406. The molecule has 0 aliphatic carbocycles. The topological polar surface area (TPSA) is 40.5 Å². The van der Waals surface area contributed by atoms with E-state index in [2.05, 4.69) is 0 Å². The molecule has 0 saturated carbocycles. The third kappa shape index (κ3) is 2.33. The molecule has 0 fully saturated rings. The van der Waals surface area contributed by atoms with Gasteiger partial charge in [0.05, 0.1) is 6.61 Å². The molecule has 0 aromatic heterocycles. The Bertz CT molecular complexity index is 304. The third-order valence-corrected chi connectivity index (χ3v) is 1.93. The number of aryl methyl sites for hydroxylation is 2. The van der Waals surface area contributed by atoms with E-state index in [0.717, 1.165) is 16.7 Å². The molecule has 2 nitrogen and oxygen atoms in total. The smallest absolute Gasteiger partial charge is 0.121 e. The lowest BCUT2D eigenvalue weighted by atomic mass is 10.1. The van der Waals surface area contributed by atoms with Crippen LogP contribution in [-0.4, -0.2) is 16.8 Å². The van der Waals surface area contributed by atoms with Crippen molar-refractivity contribution in [2.24, 2.45) is 0 Å². The van der Waals surface area contributed by atoms with Crippen molar-refractivity contribution in [2.45, 2.75) is 13.8 Å². The summed E-state index contributed by atoms with van der Waals surface area (Å²) in [6, 6.07) is 3.77. The summed E-state index contributed by atoms with van der Waals surface area (Å²) in [5.41, 5.74) is 2.72. The zero-order valence-corrected chi connectivity index (χ0v) is 7.91. The quantitative estimate of drug-likeness (QED) is 0.727. The van der Waals surface area contributed by atoms with Crippen LogP contribution in [0.25, 0.3) is 6.08 Å². The molecule has 0 unspecified atom stereocenters. The highest BCUT2D eigenvalue weighted by atomic mass is 16.3. The van der Waals surface area contributed by atoms with Crippen LogP contribution in [0.3, 0.4) is 0 Å². The number of rotatable bonds is 2. The molecule has 13 heavy (non-hydrogen) atoms. The van der Waals surface area contributed by atoms with E-state index in [0.29, 0.717) is 5.75 Å². The Hall–Kier alpha value is -1.28. The summed E-state index contributed by atoms with van der Waals surface area (Å²) in [4.78, 5) is 0. The number of hydrogen-bond acceptors (Lipinski definition) is 2. The van der Waals surface area contributed by atoms with E-state index >= 15 is 0 Å². The van der Waals surface area contributed by atoms with Crippen LogP contribution in [0, 0.1) is 13.8 Å². The Morgan fingerprint density at radius 2 is 1.77 bits per heavy atom. The van der Waals surface area contributed by atoms with Crippen molar-refractivity contribution in [1.29, 1.82) is 0 Å². The van der Waals surface area contributed by atoms with Gasteiger partial charge in [-0.3, -0.25) is 0 Å². The van der Waals surface area contributed by atoms with Crippen molar-refractivity contribution in [3.8, 4) is 5.75 Å². The minimum absolute atomic E-state index is 0.0406. The second-order valence-electron chi connectivity index (χ2n) is 3.09. The molecule has 0 bridgehead atoms. The molecule has 0 radical (unpaired) electrons. The second kappa shape index (κ2) is 4.10. The van der Waals surface area contributed by atoms with Crippen LogP contribution >= 0.6 is 0 Å². The Balaban J connectivity index is 3.06. The summed E-state index contributed by atoms with van der Waals surface area (Å²) in [5.74, 6) is 0.348. The molecule has 0 saturated heterocycles. The molecule has 2 N–H and O–H groups in total. The first kappa shape index (κ1) is 9.81. The molecule has 0 spiro atoms. The summed E-state index contributed by atoms with van der Waals surface area (Å²) in [7, 11) is 0. The van der Waals surface area contributed by atoms with Gasteiger partial charge in [-0.25, -0.2) is 0 Å². The van der Waals surface area contributed by atoms with Crippen LogP contribution in [0.15, 0.2) is 18.2 Å². The van der Waals surface area contributed by atoms with Gasteiger partial charge < -0.3 is 10.2 Å². The molecule has 70 valence electrons. The summed E-state index contributed by atoms with van der Waals surface area (Å²) < 4.78 is 0. The predicted octanol–water partition coefficient (Wildman–Crippen LogP) is 2.01. The number of hydrogen-bond donors (Lipinski definition) is 2. The van der Waals surface area contributed by atoms with Gasteiger partial charge in [-0.1, -0.05) is 12.2 Å². The summed E-state index contributed by atoms with van der Waals surface area (Å²) in [5, 5.41) is 18.1. The van der Waals surface area contributed by atoms with Gasteiger partial charge in [-0.05, 0) is 42.7 Å². The van der Waals surface area contributed by atoms with Crippen molar-refractivity contribution in [3.05, 3.63) is 34.9 Å². The fourth-order valence-corrected chi connectivity index (χ4v) is 1.27. The normalized spacial score (nSPS) is 11.0. The number of phenolic OH excluding ortho intramolecular Hbond substituents is 1. The standard InChI is InChI=1S/C11H14O2/c1-8-6-10(4-3-5-12)7-9(2)11(8)13/h3-4,6-7,12-13H,5H2,1-2H3/b4-3+. The van der Waals surface area contributed by atoms with E-state index in [-0.39, 0.29) is 6.61 Å². The lowest BCUT2D eigenvalue weighted by Crippen LogP contribution is -1.83. The van der Waals surface area contributed by atoms with Gasteiger partial charge in [0.15, 0.2) is 0 Å². The van der Waals surface area contributed by atoms with Crippen LogP contribution in [0.1, 0.15) is 16.7 Å². The fourth-order valence-electron chi connectivity index (χ4n) is 1.27. The van der Waals surface area contributed by atoms with Crippen LogP contribution in [0.5, 0.6) is 5.75 Å². The largest absolute Gasteiger partial charge is 0.507 e. The molecule has 0 aliphatic heterocycles. The predicted molar refractivity (Wildman–Crippen MR) is 53.7 cm³/mol. The van der Waals surface area contributed by atoms with Crippen molar-refractivity contribution in [2.75, 3.05) is 6.61 Å². The van der Waals surface area contributed by atoms with Gasteiger partial charge in [-0.2, -0.15) is 0 Å². The van der Waals surface area contributed by atoms with Gasteiger partial charge in [0, 0.05) is 0 Å². The molecule has 0 heterocycles. The second-order valence-corrected chi connectivity index (χ2v) is 3.09. The van der Waals surface area contributed by atoms with Gasteiger partial charge in [0.1, 0.15) is 5.75 Å². The van der Waals surface area contributed by atoms with E-state index in [1.807, 2.05) is 32.1 Å². The number of benzene rings is 1. The molecule has 1 rings (SSSR count). The Kier molecular flexibility index (Phi) is 3.09. The number of aromatic hydroxyl groups is 1. The highest BCUT2D eigenvalue weighted by Gasteiger charge is 2.00. The lowest BCUT2D eigenvalue weighted by Gasteiger charge is -2.04. The molecule has 0 atom stereocenters. The van der Waals surface area contributed by atoms with E-state index in [1.54, 1.807) is 6.08 Å². The molecule has 1 aromatic carbocycles. The molecule has 2 heteroatoms. The van der Waals surface area contributed by atoms with Crippen LogP contribution in [0.2, 0.25) is 0 Å². The maximum Gasteiger partial charge on any atom is 0.121 e. The van der Waals surface area contributed by atoms with Crippen LogP contribution in [-0.2, 0) is 0 Å². The Morgan fingerprint density at radius 1 is 1.23 bits per heavy atom. The molecule has 0 aliphatic rings. The van der Waals surface area contributed by atoms with Crippen molar-refractivity contribution in [1.82, 2.24) is 0 Å². The first-order valence-electron chi connectivity index (χ1n) is 4.22. The average Bonchev–Trinajstić information content (AvgIpc) is 2.10. The molecule has 1 aromatic rings. The Morgan fingerprint density at radius 3 is 2.23 bits per heavy atom. The zero-order chi connectivity index (χ0) is 9.84. The molecular formula is C11H14O2. The van der Waals surface area contributed by atoms with Crippen molar-refractivity contribution < 1.29 is 10.2 Å². The van der Waals surface area contributed by atoms with E-state index < -0.39 is 0 Å². The van der Waals surface area contributed by atoms with Crippen molar-refractivity contribution >= 4 is 6.08 Å². The first-order chi connectivity index (χ1) is 6.15. The summed E-state index contributed by atoms with van der Waals surface area (Å²) in [6.07, 6.45) is 3.50. The van der Waals surface area contributed by atoms with E-state index in [4.69, 9.17) is 5.11 Å². The number of aliphatic hydroxyl groups is 1. The number of aliphatic hydroxyl groups excluding tert-OH is 1. The van der Waals surface area contributed by atoms with Gasteiger partial charge in [-0.15, -0.1) is 0 Å². The monoisotopic (exact) mass is 178 g/mol. The first-order valence-corrected chi connectivity index (χ1v) is 4.22. The summed E-state index contributed by atoms with van der Waals surface area (Å²) in [6.45, 7) is 3.76. The highest BCUT2D eigenvalue weighted by molar-refractivity contribution is 5.55. The lowest BCUT2D eigenvalue weighted by molar-refractivity contribution is 0.343. The van der Waals surface area contributed by atoms with E-state index in [9.17, 15) is 5.11 Å². The van der Waals surface area contributed by atoms with Crippen LogP contribution in [0.4, 0.5) is 0 Å². The van der Waals surface area contributed by atoms with Crippen LogP contribution < -0.4 is 0 Å². The Labute approximate surface area is 78.2 Å². The van der Waals surface area contributed by atoms with Gasteiger partial charge in [0.2, 0.25) is 0 Å². The minimum Gasteiger partial charge on any atom is -0.507 e. The maximum atomic E-state index is 9.48. The van der Waals surface area contributed by atoms with E-state index in [1.165, 1.54) is 0 Å². The highest BCUT2D eigenvalue weighted by Crippen LogP contribution is 2.23. The SMILES string of the molecule is Cc1cc(/C=C/CO)cc(C)c1O. The van der Waals surface area contributed by atoms with Gasteiger partial charge >= 0.3 is 0 Å². The van der Waals surface area contributed by atoms with Crippen molar-refractivity contribution in [3.63, 3.8) is 0 Å². The maximum absolute atomic E-state index is 9.48. The third-order valence-electron chi connectivity index (χ3n) is 1.93. The zero-order valence-electron chi connectivity index (χ0n) is 7.91. The fraction of sp³-hybridized carbons (Fsp3) is 0.273.